The third-order valence-electron chi connectivity index (χ3n) is 5.31. The second-order valence-corrected chi connectivity index (χ2v) is 7.22. The van der Waals surface area contributed by atoms with Crippen LogP contribution < -0.4 is 20.1 Å². The summed E-state index contributed by atoms with van der Waals surface area (Å²) in [6, 6.07) is 12.6. The van der Waals surface area contributed by atoms with Crippen LogP contribution in [0.4, 0.5) is 4.39 Å². The second-order valence-electron chi connectivity index (χ2n) is 7.22. The lowest BCUT2D eigenvalue weighted by atomic mass is 10.0. The van der Waals surface area contributed by atoms with Crippen molar-refractivity contribution in [2.75, 3.05) is 54.1 Å². The fourth-order valence-electron chi connectivity index (χ4n) is 3.65. The lowest BCUT2D eigenvalue weighted by molar-refractivity contribution is 0.0169. The number of rotatable bonds is 8. The molecule has 2 N–H and O–H groups in total. The molecule has 176 valence electrons. The number of nitrogens with zero attached hydrogens (tertiary/aromatic N) is 2. The van der Waals surface area contributed by atoms with Crippen LogP contribution in [-0.2, 0) is 11.3 Å². The van der Waals surface area contributed by atoms with Gasteiger partial charge in [-0.05, 0) is 35.4 Å². The van der Waals surface area contributed by atoms with Crippen molar-refractivity contribution in [3.63, 3.8) is 0 Å². The minimum atomic E-state index is -0.230. The van der Waals surface area contributed by atoms with Gasteiger partial charge in [0.05, 0.1) is 33.5 Å². The molecule has 0 saturated carbocycles. The highest BCUT2D eigenvalue weighted by molar-refractivity contribution is 14.0. The van der Waals surface area contributed by atoms with Crippen molar-refractivity contribution in [1.82, 2.24) is 15.5 Å². The molecule has 2 aromatic carbocycles. The summed E-state index contributed by atoms with van der Waals surface area (Å²) in [4.78, 5) is 6.64. The summed E-state index contributed by atoms with van der Waals surface area (Å²) in [6.07, 6.45) is 0. The van der Waals surface area contributed by atoms with Crippen LogP contribution in [0.5, 0.6) is 11.5 Å². The van der Waals surface area contributed by atoms with Crippen LogP contribution in [0, 0.1) is 5.82 Å². The lowest BCUT2D eigenvalue weighted by Crippen LogP contribution is -2.46. The number of morpholine rings is 1. The minimum absolute atomic E-state index is 0. The Morgan fingerprint density at radius 1 is 1.09 bits per heavy atom. The van der Waals surface area contributed by atoms with Gasteiger partial charge >= 0.3 is 0 Å². The number of methoxy groups -OCH3 is 2. The van der Waals surface area contributed by atoms with Gasteiger partial charge in [-0.25, -0.2) is 4.39 Å². The zero-order chi connectivity index (χ0) is 22.1. The molecule has 1 fully saturated rings. The summed E-state index contributed by atoms with van der Waals surface area (Å²) in [5.41, 5.74) is 1.97. The van der Waals surface area contributed by atoms with Gasteiger partial charge in [-0.15, -0.1) is 24.0 Å². The van der Waals surface area contributed by atoms with Crippen LogP contribution in [0.25, 0.3) is 0 Å². The van der Waals surface area contributed by atoms with Crippen LogP contribution in [0.15, 0.2) is 47.5 Å². The van der Waals surface area contributed by atoms with Crippen molar-refractivity contribution in [1.29, 1.82) is 0 Å². The molecule has 0 amide bonds. The number of benzene rings is 2. The highest BCUT2D eigenvalue weighted by atomic mass is 127. The molecule has 1 heterocycles. The molecule has 0 aliphatic carbocycles. The summed E-state index contributed by atoms with van der Waals surface area (Å²) >= 11 is 0. The highest BCUT2D eigenvalue weighted by Gasteiger charge is 2.23. The SMILES string of the molecule is CN=C(NCc1ccc(OC)c(OC)c1)NCC(c1cccc(F)c1)N1CCOCC1.I. The van der Waals surface area contributed by atoms with Crippen LogP contribution >= 0.6 is 24.0 Å². The first kappa shape index (κ1) is 26.1. The molecule has 1 unspecified atom stereocenters. The Hall–Kier alpha value is -2.11. The van der Waals surface area contributed by atoms with Gasteiger partial charge in [0.25, 0.3) is 0 Å². The first-order valence-electron chi connectivity index (χ1n) is 10.4. The average molecular weight is 558 g/mol. The molecule has 7 nitrogen and oxygen atoms in total. The molecule has 9 heteroatoms. The monoisotopic (exact) mass is 558 g/mol. The Bertz CT molecular complexity index is 878. The number of guanidine groups is 1. The summed E-state index contributed by atoms with van der Waals surface area (Å²) < 4.78 is 30.0. The van der Waals surface area contributed by atoms with Crippen LogP contribution in [-0.4, -0.2) is 65.0 Å². The van der Waals surface area contributed by atoms with Crippen molar-refractivity contribution < 1.29 is 18.6 Å². The molecule has 32 heavy (non-hydrogen) atoms. The zero-order valence-electron chi connectivity index (χ0n) is 18.8. The normalized spacial score (nSPS) is 15.4. The smallest absolute Gasteiger partial charge is 0.191 e. The number of ether oxygens (including phenoxy) is 3. The van der Waals surface area contributed by atoms with Gasteiger partial charge in [0.2, 0.25) is 0 Å². The molecule has 0 aromatic heterocycles. The first-order chi connectivity index (χ1) is 15.1. The van der Waals surface area contributed by atoms with Gasteiger partial charge < -0.3 is 24.8 Å². The second kappa shape index (κ2) is 13.4. The van der Waals surface area contributed by atoms with E-state index in [9.17, 15) is 4.39 Å². The molecule has 0 bridgehead atoms. The summed E-state index contributed by atoms with van der Waals surface area (Å²) in [7, 11) is 4.97. The summed E-state index contributed by atoms with van der Waals surface area (Å²) in [5.74, 6) is 1.82. The maximum atomic E-state index is 13.9. The van der Waals surface area contributed by atoms with Crippen molar-refractivity contribution in [3.05, 3.63) is 59.4 Å². The molecule has 1 saturated heterocycles. The van der Waals surface area contributed by atoms with E-state index in [4.69, 9.17) is 14.2 Å². The van der Waals surface area contributed by atoms with E-state index in [1.165, 1.54) is 6.07 Å². The molecule has 1 aliphatic rings. The van der Waals surface area contributed by atoms with E-state index in [1.54, 1.807) is 33.4 Å². The Balaban J connectivity index is 0.00000363. The molecule has 2 aromatic rings. The predicted octanol–water partition coefficient (Wildman–Crippen LogP) is 3.20. The van der Waals surface area contributed by atoms with E-state index in [1.807, 2.05) is 24.3 Å². The highest BCUT2D eigenvalue weighted by Crippen LogP contribution is 2.27. The van der Waals surface area contributed by atoms with Gasteiger partial charge in [-0.2, -0.15) is 0 Å². The quantitative estimate of drug-likeness (QED) is 0.295. The number of hydrogen-bond donors (Lipinski definition) is 2. The van der Waals surface area contributed by atoms with Crippen molar-refractivity contribution >= 4 is 29.9 Å². The molecular weight excluding hydrogens is 526 g/mol. The molecule has 1 atom stereocenters. The van der Waals surface area contributed by atoms with E-state index in [0.717, 1.165) is 24.2 Å². The van der Waals surface area contributed by atoms with Gasteiger partial charge in [0, 0.05) is 33.2 Å². The third-order valence-corrected chi connectivity index (χ3v) is 5.31. The van der Waals surface area contributed by atoms with E-state index >= 15 is 0 Å². The topological polar surface area (TPSA) is 67.4 Å². The standard InChI is InChI=1S/C23H31FN4O3.HI/c1-25-23(26-15-17-7-8-21(29-2)22(13-17)30-3)27-16-20(28-9-11-31-12-10-28)18-5-4-6-19(24)14-18;/h4-8,13-14,20H,9-12,15-16H2,1-3H3,(H2,25,26,27);1H. The largest absolute Gasteiger partial charge is 0.493 e. The Morgan fingerprint density at radius 3 is 2.50 bits per heavy atom. The number of halogens is 2. The maximum absolute atomic E-state index is 13.9. The number of nitrogens with one attached hydrogen (secondary N) is 2. The van der Waals surface area contributed by atoms with Crippen LogP contribution in [0.1, 0.15) is 17.2 Å². The molecule has 0 spiro atoms. The molecule has 1 aliphatic heterocycles. The van der Waals surface area contributed by atoms with Gasteiger partial charge in [0.15, 0.2) is 17.5 Å². The van der Waals surface area contributed by atoms with E-state index in [2.05, 4.69) is 20.5 Å². The summed E-state index contributed by atoms with van der Waals surface area (Å²) in [6.45, 7) is 4.13. The predicted molar refractivity (Wildman–Crippen MR) is 135 cm³/mol. The van der Waals surface area contributed by atoms with E-state index in [-0.39, 0.29) is 35.8 Å². The first-order valence-corrected chi connectivity index (χ1v) is 10.4. The summed E-state index contributed by atoms with van der Waals surface area (Å²) in [5, 5.41) is 6.71. The van der Waals surface area contributed by atoms with E-state index in [0.29, 0.717) is 43.8 Å². The van der Waals surface area contributed by atoms with Crippen LogP contribution in [0.2, 0.25) is 0 Å². The third kappa shape index (κ3) is 7.21. The zero-order valence-corrected chi connectivity index (χ0v) is 21.1. The Kier molecular flexibility index (Phi) is 11.0. The van der Waals surface area contributed by atoms with Crippen molar-refractivity contribution in [3.8, 4) is 11.5 Å². The Morgan fingerprint density at radius 2 is 1.84 bits per heavy atom. The fraction of sp³-hybridized carbons (Fsp3) is 0.435. The fourth-order valence-corrected chi connectivity index (χ4v) is 3.65. The molecule has 3 rings (SSSR count). The Labute approximate surface area is 206 Å². The maximum Gasteiger partial charge on any atom is 0.191 e. The van der Waals surface area contributed by atoms with Gasteiger partial charge in [0.1, 0.15) is 5.82 Å². The van der Waals surface area contributed by atoms with Gasteiger partial charge in [-0.3, -0.25) is 9.89 Å². The van der Waals surface area contributed by atoms with Gasteiger partial charge in [-0.1, -0.05) is 18.2 Å². The number of hydrogen-bond acceptors (Lipinski definition) is 5. The number of aliphatic imine (C=N–C) groups is 1. The molecule has 0 radical (unpaired) electrons. The van der Waals surface area contributed by atoms with E-state index < -0.39 is 0 Å². The van der Waals surface area contributed by atoms with Crippen LogP contribution in [0.3, 0.4) is 0 Å². The average Bonchev–Trinajstić information content (AvgIpc) is 2.81. The minimum Gasteiger partial charge on any atom is -0.493 e. The van der Waals surface area contributed by atoms with Crippen molar-refractivity contribution in [2.24, 2.45) is 4.99 Å². The van der Waals surface area contributed by atoms with Crippen molar-refractivity contribution in [2.45, 2.75) is 12.6 Å². The molecular formula is C23H32FIN4O3. The lowest BCUT2D eigenvalue weighted by Gasteiger charge is -2.35.